The molecule has 1 aliphatic carbocycles. The van der Waals surface area contributed by atoms with Gasteiger partial charge < -0.3 is 5.32 Å². The predicted molar refractivity (Wildman–Crippen MR) is 95.7 cm³/mol. The third-order valence-corrected chi connectivity index (χ3v) is 5.84. The number of unbranched alkanes of at least 4 members (excludes halogenated alkanes) is 1. The molecule has 1 heteroatoms. The lowest BCUT2D eigenvalue weighted by Gasteiger charge is -2.27. The summed E-state index contributed by atoms with van der Waals surface area (Å²) in [4.78, 5) is 0. The van der Waals surface area contributed by atoms with Crippen molar-refractivity contribution in [1.29, 1.82) is 0 Å². The van der Waals surface area contributed by atoms with E-state index in [0.717, 1.165) is 11.8 Å². The highest BCUT2D eigenvalue weighted by Gasteiger charge is 2.42. The fourth-order valence-corrected chi connectivity index (χ4v) is 3.27. The molecule has 0 amide bonds. The molecule has 0 aromatic heterocycles. The lowest BCUT2D eigenvalue weighted by molar-refractivity contribution is 0.286. The molecule has 1 nitrogen and oxygen atoms in total. The number of rotatable bonds is 12. The number of nitrogens with one attached hydrogen (secondary N) is 1. The van der Waals surface area contributed by atoms with Crippen molar-refractivity contribution < 1.29 is 0 Å². The molecule has 0 aliphatic heterocycles. The Bertz CT molecular complexity index is 276. The van der Waals surface area contributed by atoms with Crippen LogP contribution >= 0.6 is 0 Å². The molecule has 1 saturated carbocycles. The zero-order valence-corrected chi connectivity index (χ0v) is 15.7. The van der Waals surface area contributed by atoms with Crippen molar-refractivity contribution >= 4 is 0 Å². The van der Waals surface area contributed by atoms with Gasteiger partial charge in [0, 0.05) is 12.1 Å². The quantitative estimate of drug-likeness (QED) is 0.424. The minimum Gasteiger partial charge on any atom is -0.311 e. The van der Waals surface area contributed by atoms with Gasteiger partial charge in [0.1, 0.15) is 0 Å². The molecule has 0 bridgehead atoms. The molecule has 0 aromatic rings. The van der Waals surface area contributed by atoms with E-state index in [1.165, 1.54) is 64.3 Å². The van der Waals surface area contributed by atoms with Gasteiger partial charge in [0.15, 0.2) is 0 Å². The molecule has 1 aliphatic rings. The summed E-state index contributed by atoms with van der Waals surface area (Å²) in [5.74, 6) is 1.82. The molecule has 0 saturated heterocycles. The average molecular weight is 296 g/mol. The Morgan fingerprint density at radius 3 is 2.19 bits per heavy atom. The second-order valence-electron chi connectivity index (χ2n) is 8.69. The first-order valence-electron chi connectivity index (χ1n) is 9.59. The molecule has 0 aromatic carbocycles. The summed E-state index contributed by atoms with van der Waals surface area (Å²) in [6.07, 6.45) is 12.6. The third kappa shape index (κ3) is 7.17. The molecule has 0 spiro atoms. The predicted octanol–water partition coefficient (Wildman–Crippen LogP) is 6.18. The Hall–Kier alpha value is -0.0400. The summed E-state index contributed by atoms with van der Waals surface area (Å²) in [7, 11) is 0. The first-order chi connectivity index (χ1) is 9.84. The Labute approximate surface area is 134 Å². The maximum Gasteiger partial charge on any atom is 0.0183 e. The van der Waals surface area contributed by atoms with Gasteiger partial charge in [0.2, 0.25) is 0 Å². The highest BCUT2D eigenvalue weighted by molar-refractivity contribution is 5.02. The van der Waals surface area contributed by atoms with Crippen molar-refractivity contribution in [1.82, 2.24) is 5.32 Å². The van der Waals surface area contributed by atoms with Crippen LogP contribution in [-0.2, 0) is 0 Å². The van der Waals surface area contributed by atoms with Crippen LogP contribution in [-0.4, -0.2) is 12.1 Å². The first kappa shape index (κ1) is 19.0. The molecule has 21 heavy (non-hydrogen) atoms. The second kappa shape index (κ2) is 8.56. The van der Waals surface area contributed by atoms with E-state index in [4.69, 9.17) is 0 Å². The van der Waals surface area contributed by atoms with Crippen LogP contribution in [0.1, 0.15) is 99.3 Å². The fraction of sp³-hybridized carbons (Fsp3) is 1.00. The van der Waals surface area contributed by atoms with Crippen LogP contribution < -0.4 is 5.32 Å². The van der Waals surface area contributed by atoms with Gasteiger partial charge in [-0.05, 0) is 42.9 Å². The van der Waals surface area contributed by atoms with Crippen LogP contribution in [0.2, 0.25) is 0 Å². The van der Waals surface area contributed by atoms with E-state index in [1.807, 2.05) is 0 Å². The summed E-state index contributed by atoms with van der Waals surface area (Å²) < 4.78 is 0. The van der Waals surface area contributed by atoms with Gasteiger partial charge in [-0.15, -0.1) is 0 Å². The van der Waals surface area contributed by atoms with Crippen molar-refractivity contribution in [3.8, 4) is 0 Å². The molecule has 1 atom stereocenters. The fourth-order valence-electron chi connectivity index (χ4n) is 3.27. The largest absolute Gasteiger partial charge is 0.311 e. The van der Waals surface area contributed by atoms with Crippen molar-refractivity contribution in [2.24, 2.45) is 17.3 Å². The molecule has 126 valence electrons. The van der Waals surface area contributed by atoms with Crippen molar-refractivity contribution in [2.45, 2.75) is 105 Å². The van der Waals surface area contributed by atoms with Crippen molar-refractivity contribution in [3.05, 3.63) is 0 Å². The van der Waals surface area contributed by atoms with E-state index in [1.54, 1.807) is 0 Å². The van der Waals surface area contributed by atoms with Gasteiger partial charge in [0.05, 0.1) is 0 Å². The topological polar surface area (TPSA) is 12.0 Å². The minimum atomic E-state index is 0.458. The summed E-state index contributed by atoms with van der Waals surface area (Å²) >= 11 is 0. The molecule has 1 unspecified atom stereocenters. The van der Waals surface area contributed by atoms with Crippen LogP contribution in [0, 0.1) is 17.3 Å². The monoisotopic (exact) mass is 295 g/mol. The van der Waals surface area contributed by atoms with Gasteiger partial charge in [-0.2, -0.15) is 0 Å². The van der Waals surface area contributed by atoms with Crippen LogP contribution in [0.3, 0.4) is 0 Å². The highest BCUT2D eigenvalue weighted by atomic mass is 15.0. The zero-order chi connectivity index (χ0) is 15.9. The lowest BCUT2D eigenvalue weighted by atomic mass is 9.86. The van der Waals surface area contributed by atoms with E-state index < -0.39 is 0 Å². The molecular weight excluding hydrogens is 254 g/mol. The standard InChI is InChI=1S/C20H41N/c1-7-11-18(17(3)4)12-9-10-13-20(14-15-20)21-16-19(5,6)8-2/h17-18,21H,7-16H2,1-6H3. The minimum absolute atomic E-state index is 0.458. The Morgan fingerprint density at radius 1 is 1.05 bits per heavy atom. The molecule has 0 heterocycles. The molecule has 1 fully saturated rings. The van der Waals surface area contributed by atoms with Gasteiger partial charge in [-0.1, -0.05) is 73.6 Å². The van der Waals surface area contributed by atoms with Crippen LogP contribution in [0.4, 0.5) is 0 Å². The number of hydrogen-bond donors (Lipinski definition) is 1. The Morgan fingerprint density at radius 2 is 1.71 bits per heavy atom. The van der Waals surface area contributed by atoms with Gasteiger partial charge in [-0.3, -0.25) is 0 Å². The maximum absolute atomic E-state index is 3.90. The molecule has 1 N–H and O–H groups in total. The zero-order valence-electron chi connectivity index (χ0n) is 15.7. The highest BCUT2D eigenvalue weighted by Crippen LogP contribution is 2.41. The number of hydrogen-bond acceptors (Lipinski definition) is 1. The van der Waals surface area contributed by atoms with Gasteiger partial charge >= 0.3 is 0 Å². The van der Waals surface area contributed by atoms with E-state index in [0.29, 0.717) is 11.0 Å². The third-order valence-electron chi connectivity index (χ3n) is 5.84. The first-order valence-corrected chi connectivity index (χ1v) is 9.59. The van der Waals surface area contributed by atoms with E-state index in [-0.39, 0.29) is 0 Å². The summed E-state index contributed by atoms with van der Waals surface area (Å²) in [6.45, 7) is 15.4. The van der Waals surface area contributed by atoms with E-state index in [9.17, 15) is 0 Å². The molecule has 1 rings (SSSR count). The van der Waals surface area contributed by atoms with E-state index in [2.05, 4.69) is 46.9 Å². The summed E-state index contributed by atoms with van der Waals surface area (Å²) in [6, 6.07) is 0. The SMILES string of the molecule is CCCC(CCCCC1(NCC(C)(C)CC)CC1)C(C)C. The van der Waals surface area contributed by atoms with Gasteiger partial charge in [-0.25, -0.2) is 0 Å². The summed E-state index contributed by atoms with van der Waals surface area (Å²) in [5.41, 5.74) is 0.990. The maximum atomic E-state index is 3.90. The van der Waals surface area contributed by atoms with Gasteiger partial charge in [0.25, 0.3) is 0 Å². The summed E-state index contributed by atoms with van der Waals surface area (Å²) in [5, 5.41) is 3.90. The Kier molecular flexibility index (Phi) is 7.74. The van der Waals surface area contributed by atoms with Crippen LogP contribution in [0.25, 0.3) is 0 Å². The van der Waals surface area contributed by atoms with Crippen molar-refractivity contribution in [2.75, 3.05) is 6.54 Å². The average Bonchev–Trinajstić information content (AvgIpc) is 3.21. The normalized spacial score (nSPS) is 19.0. The molecule has 0 radical (unpaired) electrons. The van der Waals surface area contributed by atoms with Crippen LogP contribution in [0.15, 0.2) is 0 Å². The second-order valence-corrected chi connectivity index (χ2v) is 8.69. The lowest BCUT2D eigenvalue weighted by Crippen LogP contribution is -2.38. The smallest absolute Gasteiger partial charge is 0.0183 e. The Balaban J connectivity index is 2.20. The van der Waals surface area contributed by atoms with Crippen LogP contribution in [0.5, 0.6) is 0 Å². The molecular formula is C20H41N. The van der Waals surface area contributed by atoms with E-state index >= 15 is 0 Å². The van der Waals surface area contributed by atoms with Crippen molar-refractivity contribution in [3.63, 3.8) is 0 Å².